The molecule has 0 spiro atoms. The fourth-order valence-corrected chi connectivity index (χ4v) is 3.05. The van der Waals surface area contributed by atoms with Gasteiger partial charge in [0.25, 0.3) is 0 Å². The second kappa shape index (κ2) is 3.74. The first-order valence-electron chi connectivity index (χ1n) is 5.96. The highest BCUT2D eigenvalue weighted by Crippen LogP contribution is 2.46. The Labute approximate surface area is 104 Å². The lowest BCUT2D eigenvalue weighted by molar-refractivity contribution is 0.151. The molecule has 2 nitrogen and oxygen atoms in total. The van der Waals surface area contributed by atoms with Crippen molar-refractivity contribution in [1.29, 1.82) is 0 Å². The Bertz CT molecular complexity index is 408. The summed E-state index contributed by atoms with van der Waals surface area (Å²) in [6.45, 7) is 2.31. The SMILES string of the molecule is OC1(c2ccc(N3CCCC3)c(Br)c2)CC1. The zero-order chi connectivity index (χ0) is 11.2. The number of aliphatic hydroxyl groups is 1. The fourth-order valence-electron chi connectivity index (χ4n) is 2.42. The first-order chi connectivity index (χ1) is 7.69. The fraction of sp³-hybridized carbons (Fsp3) is 0.538. The topological polar surface area (TPSA) is 23.5 Å². The van der Waals surface area contributed by atoms with Crippen LogP contribution < -0.4 is 4.90 Å². The molecular formula is C13H16BrNO. The molecule has 1 aromatic rings. The Kier molecular flexibility index (Phi) is 2.48. The second-order valence-corrected chi connectivity index (χ2v) is 5.75. The predicted molar refractivity (Wildman–Crippen MR) is 68.7 cm³/mol. The van der Waals surface area contributed by atoms with Crippen LogP contribution in [0.2, 0.25) is 0 Å². The van der Waals surface area contributed by atoms with Gasteiger partial charge in [0.2, 0.25) is 0 Å². The van der Waals surface area contributed by atoms with E-state index < -0.39 is 5.60 Å². The van der Waals surface area contributed by atoms with Crippen LogP contribution in [0.5, 0.6) is 0 Å². The van der Waals surface area contributed by atoms with Gasteiger partial charge in [-0.25, -0.2) is 0 Å². The minimum atomic E-state index is -0.522. The molecule has 3 rings (SSSR count). The minimum Gasteiger partial charge on any atom is -0.385 e. The summed E-state index contributed by atoms with van der Waals surface area (Å²) in [5.74, 6) is 0. The molecule has 2 fully saturated rings. The Balaban J connectivity index is 1.90. The van der Waals surface area contributed by atoms with Crippen LogP contribution in [-0.4, -0.2) is 18.2 Å². The normalized spacial score (nSPS) is 22.5. The number of nitrogens with zero attached hydrogens (tertiary/aromatic N) is 1. The smallest absolute Gasteiger partial charge is 0.0899 e. The summed E-state index contributed by atoms with van der Waals surface area (Å²) in [7, 11) is 0. The van der Waals surface area contributed by atoms with E-state index in [0.717, 1.165) is 36.0 Å². The summed E-state index contributed by atoms with van der Waals surface area (Å²) >= 11 is 3.62. The quantitative estimate of drug-likeness (QED) is 0.901. The lowest BCUT2D eigenvalue weighted by Gasteiger charge is -2.20. The van der Waals surface area contributed by atoms with Crippen LogP contribution in [-0.2, 0) is 5.60 Å². The van der Waals surface area contributed by atoms with Gasteiger partial charge in [-0.05, 0) is 59.3 Å². The van der Waals surface area contributed by atoms with Gasteiger partial charge in [0.1, 0.15) is 0 Å². The Morgan fingerprint density at radius 3 is 2.44 bits per heavy atom. The van der Waals surface area contributed by atoms with E-state index in [2.05, 4.69) is 39.0 Å². The molecule has 1 N–H and O–H groups in total. The second-order valence-electron chi connectivity index (χ2n) is 4.89. The average Bonchev–Trinajstić information content (AvgIpc) is 2.82. The number of anilines is 1. The molecule has 1 aliphatic carbocycles. The number of hydrogen-bond donors (Lipinski definition) is 1. The van der Waals surface area contributed by atoms with Crippen molar-refractivity contribution >= 4 is 21.6 Å². The Morgan fingerprint density at radius 1 is 1.19 bits per heavy atom. The largest absolute Gasteiger partial charge is 0.385 e. The van der Waals surface area contributed by atoms with E-state index in [1.165, 1.54) is 18.5 Å². The number of rotatable bonds is 2. The van der Waals surface area contributed by atoms with Crippen molar-refractivity contribution in [3.63, 3.8) is 0 Å². The molecule has 0 amide bonds. The minimum absolute atomic E-state index is 0.522. The predicted octanol–water partition coefficient (Wildman–Crippen LogP) is 3.03. The summed E-state index contributed by atoms with van der Waals surface area (Å²) in [6.07, 6.45) is 4.39. The van der Waals surface area contributed by atoms with E-state index >= 15 is 0 Å². The molecule has 86 valence electrons. The molecular weight excluding hydrogens is 266 g/mol. The summed E-state index contributed by atoms with van der Waals surface area (Å²) in [6, 6.07) is 6.30. The van der Waals surface area contributed by atoms with E-state index in [1.54, 1.807) is 0 Å². The molecule has 1 saturated carbocycles. The number of hydrogen-bond acceptors (Lipinski definition) is 2. The Morgan fingerprint density at radius 2 is 1.88 bits per heavy atom. The summed E-state index contributed by atoms with van der Waals surface area (Å²) in [5.41, 5.74) is 1.80. The monoisotopic (exact) mass is 281 g/mol. The van der Waals surface area contributed by atoms with E-state index in [-0.39, 0.29) is 0 Å². The van der Waals surface area contributed by atoms with Gasteiger partial charge >= 0.3 is 0 Å². The molecule has 0 bridgehead atoms. The molecule has 1 saturated heterocycles. The van der Waals surface area contributed by atoms with Crippen molar-refractivity contribution in [1.82, 2.24) is 0 Å². The molecule has 16 heavy (non-hydrogen) atoms. The first kappa shape index (κ1) is 10.6. The van der Waals surface area contributed by atoms with E-state index in [1.807, 2.05) is 0 Å². The molecule has 3 heteroatoms. The lowest BCUT2D eigenvalue weighted by atomic mass is 10.1. The van der Waals surface area contributed by atoms with Crippen LogP contribution in [0, 0.1) is 0 Å². The number of halogens is 1. The van der Waals surface area contributed by atoms with Gasteiger partial charge in [0.15, 0.2) is 0 Å². The summed E-state index contributed by atoms with van der Waals surface area (Å²) in [4.78, 5) is 2.41. The standard InChI is InChI=1S/C13H16BrNO/c14-11-9-10(13(16)5-6-13)3-4-12(11)15-7-1-2-8-15/h3-4,9,16H,1-2,5-8H2. The average molecular weight is 282 g/mol. The summed E-state index contributed by atoms with van der Waals surface area (Å²) in [5, 5.41) is 10.0. The Hall–Kier alpha value is -0.540. The van der Waals surface area contributed by atoms with Crippen LogP contribution in [0.4, 0.5) is 5.69 Å². The van der Waals surface area contributed by atoms with Gasteiger partial charge in [-0.1, -0.05) is 6.07 Å². The molecule has 0 atom stereocenters. The van der Waals surface area contributed by atoms with Crippen LogP contribution in [0.25, 0.3) is 0 Å². The van der Waals surface area contributed by atoms with Crippen molar-refractivity contribution in [3.8, 4) is 0 Å². The van der Waals surface area contributed by atoms with Crippen LogP contribution in [0.1, 0.15) is 31.2 Å². The van der Waals surface area contributed by atoms with Crippen LogP contribution in [0.15, 0.2) is 22.7 Å². The van der Waals surface area contributed by atoms with Gasteiger partial charge in [-0.3, -0.25) is 0 Å². The molecule has 0 radical (unpaired) electrons. The van der Waals surface area contributed by atoms with Crippen LogP contribution in [0.3, 0.4) is 0 Å². The first-order valence-corrected chi connectivity index (χ1v) is 6.76. The molecule has 1 aromatic carbocycles. The highest BCUT2D eigenvalue weighted by atomic mass is 79.9. The van der Waals surface area contributed by atoms with Crippen LogP contribution >= 0.6 is 15.9 Å². The molecule has 0 unspecified atom stereocenters. The third kappa shape index (κ3) is 1.76. The van der Waals surface area contributed by atoms with Crippen molar-refractivity contribution in [2.75, 3.05) is 18.0 Å². The van der Waals surface area contributed by atoms with Gasteiger partial charge in [-0.15, -0.1) is 0 Å². The molecule has 1 aliphatic heterocycles. The van der Waals surface area contributed by atoms with Gasteiger partial charge in [0.05, 0.1) is 11.3 Å². The van der Waals surface area contributed by atoms with Crippen molar-refractivity contribution in [2.45, 2.75) is 31.3 Å². The molecule has 1 heterocycles. The maximum atomic E-state index is 10.0. The molecule has 0 aromatic heterocycles. The lowest BCUT2D eigenvalue weighted by Crippen LogP contribution is -2.18. The third-order valence-electron chi connectivity index (χ3n) is 3.66. The van der Waals surface area contributed by atoms with Crippen molar-refractivity contribution in [2.24, 2.45) is 0 Å². The highest BCUT2D eigenvalue weighted by molar-refractivity contribution is 9.10. The third-order valence-corrected chi connectivity index (χ3v) is 4.29. The van der Waals surface area contributed by atoms with E-state index in [0.29, 0.717) is 0 Å². The maximum absolute atomic E-state index is 10.0. The van der Waals surface area contributed by atoms with Gasteiger partial charge < -0.3 is 10.0 Å². The van der Waals surface area contributed by atoms with Crippen molar-refractivity contribution < 1.29 is 5.11 Å². The molecule has 2 aliphatic rings. The zero-order valence-corrected chi connectivity index (χ0v) is 10.8. The van der Waals surface area contributed by atoms with Gasteiger partial charge in [0, 0.05) is 17.6 Å². The van der Waals surface area contributed by atoms with Crippen molar-refractivity contribution in [3.05, 3.63) is 28.2 Å². The van der Waals surface area contributed by atoms with Gasteiger partial charge in [-0.2, -0.15) is 0 Å². The van der Waals surface area contributed by atoms with E-state index in [4.69, 9.17) is 0 Å². The maximum Gasteiger partial charge on any atom is 0.0899 e. The van der Waals surface area contributed by atoms with E-state index in [9.17, 15) is 5.11 Å². The summed E-state index contributed by atoms with van der Waals surface area (Å²) < 4.78 is 1.12. The number of benzene rings is 1. The zero-order valence-electron chi connectivity index (χ0n) is 9.25. The highest BCUT2D eigenvalue weighted by Gasteiger charge is 2.42.